The average Bonchev–Trinajstić information content (AvgIpc) is 2.55. The van der Waals surface area contributed by atoms with Gasteiger partial charge in [-0.25, -0.2) is 4.39 Å². The van der Waals surface area contributed by atoms with Crippen LogP contribution in [-0.4, -0.2) is 21.7 Å². The maximum Gasteiger partial charge on any atom is 0.137 e. The Morgan fingerprint density at radius 3 is 3.00 bits per heavy atom. The van der Waals surface area contributed by atoms with E-state index in [1.165, 1.54) is 6.07 Å². The van der Waals surface area contributed by atoms with Crippen molar-refractivity contribution in [3.63, 3.8) is 0 Å². The van der Waals surface area contributed by atoms with E-state index in [2.05, 4.69) is 15.9 Å². The predicted molar refractivity (Wildman–Crippen MR) is 69.3 cm³/mol. The third kappa shape index (κ3) is 2.29. The molecule has 1 heterocycles. The second-order valence-corrected chi connectivity index (χ2v) is 6.50. The topological polar surface area (TPSA) is 20.2 Å². The molecule has 0 saturated carbocycles. The van der Waals surface area contributed by atoms with E-state index in [1.54, 1.807) is 17.8 Å². The van der Waals surface area contributed by atoms with Gasteiger partial charge in [0.25, 0.3) is 0 Å². The number of benzene rings is 1. The highest BCUT2D eigenvalue weighted by Crippen LogP contribution is 2.39. The first kappa shape index (κ1) is 12.4. The van der Waals surface area contributed by atoms with Gasteiger partial charge in [-0.15, -0.1) is 0 Å². The molecule has 2 unspecified atom stereocenters. The molecule has 0 aliphatic carbocycles. The van der Waals surface area contributed by atoms with E-state index >= 15 is 0 Å². The van der Waals surface area contributed by atoms with Gasteiger partial charge in [0.2, 0.25) is 0 Å². The molecule has 1 aliphatic rings. The van der Waals surface area contributed by atoms with Crippen LogP contribution in [0.3, 0.4) is 0 Å². The number of rotatable bonds is 2. The van der Waals surface area contributed by atoms with Crippen molar-refractivity contribution in [3.8, 4) is 0 Å². The molecule has 0 aromatic heterocycles. The molecular weight excluding hydrogens is 291 g/mol. The summed E-state index contributed by atoms with van der Waals surface area (Å²) in [6.45, 7) is 2.03. The molecule has 1 aromatic carbocycles. The highest BCUT2D eigenvalue weighted by molar-refractivity contribution is 9.10. The molecule has 16 heavy (non-hydrogen) atoms. The Hall–Kier alpha value is -0.0600. The molecule has 4 heteroatoms. The molecule has 1 N–H and O–H groups in total. The van der Waals surface area contributed by atoms with Gasteiger partial charge < -0.3 is 5.11 Å². The summed E-state index contributed by atoms with van der Waals surface area (Å²) in [5.74, 6) is 0.712. The summed E-state index contributed by atoms with van der Waals surface area (Å²) in [6, 6.07) is 4.97. The number of hydrogen-bond donors (Lipinski definition) is 1. The zero-order valence-electron chi connectivity index (χ0n) is 9.04. The Kier molecular flexibility index (Phi) is 3.62. The molecule has 0 amide bonds. The summed E-state index contributed by atoms with van der Waals surface area (Å²) < 4.78 is 13.8. The Balaban J connectivity index is 2.24. The fourth-order valence-electron chi connectivity index (χ4n) is 2.02. The van der Waals surface area contributed by atoms with Gasteiger partial charge in [-0.1, -0.05) is 19.1 Å². The number of hydrogen-bond acceptors (Lipinski definition) is 2. The van der Waals surface area contributed by atoms with Crippen LogP contribution >= 0.6 is 27.7 Å². The summed E-state index contributed by atoms with van der Waals surface area (Å²) in [5.41, 5.74) is 0.151. The lowest BCUT2D eigenvalue weighted by Gasteiger charge is -2.27. The standard InChI is InChI=1S/C12H14BrFOS/c1-8-12(15,5-6-16-8)7-9-3-2-4-10(14)11(9)13/h2-4,8,15H,5-7H2,1H3. The van der Waals surface area contributed by atoms with E-state index in [4.69, 9.17) is 0 Å². The normalized spacial score (nSPS) is 29.6. The van der Waals surface area contributed by atoms with Gasteiger partial charge in [0.15, 0.2) is 0 Å². The van der Waals surface area contributed by atoms with Crippen molar-refractivity contribution in [1.29, 1.82) is 0 Å². The first-order valence-corrected chi connectivity index (χ1v) is 7.14. The predicted octanol–water partition coefficient (Wildman–Crippen LogP) is 3.39. The maximum atomic E-state index is 13.3. The van der Waals surface area contributed by atoms with Crippen molar-refractivity contribution < 1.29 is 9.50 Å². The van der Waals surface area contributed by atoms with Gasteiger partial charge >= 0.3 is 0 Å². The molecule has 1 aliphatic heterocycles. The number of thioether (sulfide) groups is 1. The van der Waals surface area contributed by atoms with E-state index in [1.807, 2.05) is 13.0 Å². The minimum atomic E-state index is -0.693. The number of aliphatic hydroxyl groups is 1. The van der Waals surface area contributed by atoms with E-state index < -0.39 is 5.60 Å². The van der Waals surface area contributed by atoms with Crippen molar-refractivity contribution >= 4 is 27.7 Å². The van der Waals surface area contributed by atoms with Crippen molar-refractivity contribution in [2.75, 3.05) is 5.75 Å². The van der Waals surface area contributed by atoms with E-state index in [0.717, 1.165) is 17.7 Å². The van der Waals surface area contributed by atoms with Gasteiger partial charge in [0.05, 0.1) is 10.1 Å². The Labute approximate surface area is 108 Å². The van der Waals surface area contributed by atoms with Crippen LogP contribution in [0.25, 0.3) is 0 Å². The Bertz CT molecular complexity index is 399. The fourth-order valence-corrected chi connectivity index (χ4v) is 3.76. The fraction of sp³-hybridized carbons (Fsp3) is 0.500. The summed E-state index contributed by atoms with van der Waals surface area (Å²) in [6.07, 6.45) is 1.29. The lowest BCUT2D eigenvalue weighted by Crippen LogP contribution is -2.37. The highest BCUT2D eigenvalue weighted by Gasteiger charge is 2.39. The molecule has 1 saturated heterocycles. The summed E-state index contributed by atoms with van der Waals surface area (Å²) in [5, 5.41) is 10.7. The first-order chi connectivity index (χ1) is 7.53. The zero-order valence-corrected chi connectivity index (χ0v) is 11.4. The van der Waals surface area contributed by atoms with Crippen LogP contribution in [0.2, 0.25) is 0 Å². The molecule has 1 nitrogen and oxygen atoms in total. The molecule has 88 valence electrons. The molecule has 0 bridgehead atoms. The molecule has 0 spiro atoms. The Morgan fingerprint density at radius 2 is 2.38 bits per heavy atom. The monoisotopic (exact) mass is 304 g/mol. The van der Waals surface area contributed by atoms with Crippen molar-refractivity contribution in [1.82, 2.24) is 0 Å². The van der Waals surface area contributed by atoms with E-state index in [9.17, 15) is 9.50 Å². The second kappa shape index (κ2) is 4.67. The smallest absolute Gasteiger partial charge is 0.137 e. The van der Waals surface area contributed by atoms with Crippen LogP contribution < -0.4 is 0 Å². The second-order valence-electron chi connectivity index (χ2n) is 4.26. The van der Waals surface area contributed by atoms with Gasteiger partial charge in [0, 0.05) is 11.7 Å². The summed E-state index contributed by atoms with van der Waals surface area (Å²) >= 11 is 5.01. The first-order valence-electron chi connectivity index (χ1n) is 5.30. The lowest BCUT2D eigenvalue weighted by molar-refractivity contribution is 0.0462. The van der Waals surface area contributed by atoms with Crippen LogP contribution in [0, 0.1) is 5.82 Å². The van der Waals surface area contributed by atoms with Crippen LogP contribution in [0.5, 0.6) is 0 Å². The van der Waals surface area contributed by atoms with E-state index in [0.29, 0.717) is 10.9 Å². The molecular formula is C12H14BrFOS. The molecule has 2 atom stereocenters. The average molecular weight is 305 g/mol. The zero-order chi connectivity index (χ0) is 11.8. The third-order valence-corrected chi connectivity index (χ3v) is 5.45. The lowest BCUT2D eigenvalue weighted by atomic mass is 9.89. The minimum absolute atomic E-state index is 0.211. The van der Waals surface area contributed by atoms with Crippen LogP contribution in [-0.2, 0) is 6.42 Å². The van der Waals surface area contributed by atoms with Crippen molar-refractivity contribution in [3.05, 3.63) is 34.1 Å². The summed E-state index contributed by atoms with van der Waals surface area (Å²) in [7, 11) is 0. The van der Waals surface area contributed by atoms with Crippen LogP contribution in [0.4, 0.5) is 4.39 Å². The molecule has 0 radical (unpaired) electrons. The largest absolute Gasteiger partial charge is 0.388 e. The SMILES string of the molecule is CC1SCCC1(O)Cc1cccc(F)c1Br. The van der Waals surface area contributed by atoms with Crippen molar-refractivity contribution in [2.24, 2.45) is 0 Å². The number of halogens is 2. The molecule has 2 rings (SSSR count). The van der Waals surface area contributed by atoms with Crippen LogP contribution in [0.1, 0.15) is 18.9 Å². The van der Waals surface area contributed by atoms with Gasteiger partial charge in [-0.2, -0.15) is 11.8 Å². The summed E-state index contributed by atoms with van der Waals surface area (Å²) in [4.78, 5) is 0. The molecule has 1 fully saturated rings. The molecule has 1 aromatic rings. The maximum absolute atomic E-state index is 13.3. The quantitative estimate of drug-likeness (QED) is 0.904. The van der Waals surface area contributed by atoms with Crippen LogP contribution in [0.15, 0.2) is 22.7 Å². The third-order valence-electron chi connectivity index (χ3n) is 3.19. The van der Waals surface area contributed by atoms with Gasteiger partial charge in [-0.3, -0.25) is 0 Å². The minimum Gasteiger partial charge on any atom is -0.388 e. The van der Waals surface area contributed by atoms with Gasteiger partial charge in [0.1, 0.15) is 5.82 Å². The van der Waals surface area contributed by atoms with E-state index in [-0.39, 0.29) is 11.1 Å². The van der Waals surface area contributed by atoms with Gasteiger partial charge in [-0.05, 0) is 39.7 Å². The highest BCUT2D eigenvalue weighted by atomic mass is 79.9. The Morgan fingerprint density at radius 1 is 1.62 bits per heavy atom. The van der Waals surface area contributed by atoms with Crippen molar-refractivity contribution in [2.45, 2.75) is 30.6 Å².